The van der Waals surface area contributed by atoms with E-state index in [2.05, 4.69) is 32.6 Å². The van der Waals surface area contributed by atoms with Crippen LogP contribution in [-0.4, -0.2) is 31.1 Å². The molecule has 2 atom stereocenters. The van der Waals surface area contributed by atoms with Crippen LogP contribution in [0.2, 0.25) is 0 Å². The first-order valence-electron chi connectivity index (χ1n) is 8.39. The number of hydrogen-bond acceptors (Lipinski definition) is 2. The highest BCUT2D eigenvalue weighted by molar-refractivity contribution is 4.83. The van der Waals surface area contributed by atoms with Gasteiger partial charge in [-0.25, -0.2) is 0 Å². The smallest absolute Gasteiger partial charge is 0.00151 e. The molecule has 0 saturated carbocycles. The average molecular weight is 268 g/mol. The topological polar surface area (TPSA) is 29.3 Å². The molecular weight excluding hydrogens is 232 g/mol. The lowest BCUT2D eigenvalue weighted by molar-refractivity contribution is 0.225. The lowest BCUT2D eigenvalue weighted by Crippen LogP contribution is -2.27. The molecular formula is C17H36N2. The van der Waals surface area contributed by atoms with Crippen LogP contribution in [0.15, 0.2) is 0 Å². The molecule has 2 N–H and O–H groups in total. The van der Waals surface area contributed by atoms with Gasteiger partial charge in [-0.15, -0.1) is 0 Å². The van der Waals surface area contributed by atoms with Crippen molar-refractivity contribution in [2.45, 2.75) is 66.2 Å². The summed E-state index contributed by atoms with van der Waals surface area (Å²) in [5.74, 6) is 1.76. The highest BCUT2D eigenvalue weighted by Gasteiger charge is 2.31. The van der Waals surface area contributed by atoms with Gasteiger partial charge in [0.2, 0.25) is 0 Å². The standard InChI is InChI=1S/C17H36N2/c1-5-7-15(9-11-18)8-6-12-19-13-10-16(14-19)17(2,3)4/h15-16H,5-14,18H2,1-4H3. The maximum absolute atomic E-state index is 5.71. The van der Waals surface area contributed by atoms with Gasteiger partial charge in [0.15, 0.2) is 0 Å². The molecule has 0 aliphatic carbocycles. The summed E-state index contributed by atoms with van der Waals surface area (Å²) >= 11 is 0. The Bertz CT molecular complexity index is 226. The second-order valence-corrected chi connectivity index (χ2v) is 7.53. The zero-order valence-electron chi connectivity index (χ0n) is 13.8. The monoisotopic (exact) mass is 268 g/mol. The zero-order chi connectivity index (χ0) is 14.3. The lowest BCUT2D eigenvalue weighted by Gasteiger charge is -2.27. The third-order valence-electron chi connectivity index (χ3n) is 4.86. The molecule has 0 bridgehead atoms. The molecule has 0 amide bonds. The van der Waals surface area contributed by atoms with Crippen LogP contribution in [0, 0.1) is 17.3 Å². The quantitative estimate of drug-likeness (QED) is 0.723. The Morgan fingerprint density at radius 2 is 1.95 bits per heavy atom. The molecule has 1 aliphatic rings. The average Bonchev–Trinajstić information content (AvgIpc) is 2.78. The Labute approximate surface area is 121 Å². The molecule has 1 aliphatic heterocycles. The van der Waals surface area contributed by atoms with E-state index in [1.807, 2.05) is 0 Å². The van der Waals surface area contributed by atoms with Crippen LogP contribution in [0.4, 0.5) is 0 Å². The van der Waals surface area contributed by atoms with Gasteiger partial charge in [-0.1, -0.05) is 40.5 Å². The van der Waals surface area contributed by atoms with Crippen LogP contribution in [0.3, 0.4) is 0 Å². The third-order valence-corrected chi connectivity index (χ3v) is 4.86. The van der Waals surface area contributed by atoms with Gasteiger partial charge in [-0.3, -0.25) is 0 Å². The minimum atomic E-state index is 0.485. The molecule has 0 aromatic carbocycles. The van der Waals surface area contributed by atoms with Gasteiger partial charge in [0, 0.05) is 6.54 Å². The van der Waals surface area contributed by atoms with Crippen LogP contribution in [-0.2, 0) is 0 Å². The van der Waals surface area contributed by atoms with E-state index in [-0.39, 0.29) is 0 Å². The summed E-state index contributed by atoms with van der Waals surface area (Å²) in [6.45, 7) is 14.3. The van der Waals surface area contributed by atoms with E-state index < -0.39 is 0 Å². The molecule has 0 radical (unpaired) electrons. The van der Waals surface area contributed by atoms with Crippen molar-refractivity contribution in [1.82, 2.24) is 4.90 Å². The van der Waals surface area contributed by atoms with Crippen molar-refractivity contribution in [3.8, 4) is 0 Å². The van der Waals surface area contributed by atoms with Gasteiger partial charge in [0.05, 0.1) is 0 Å². The second-order valence-electron chi connectivity index (χ2n) is 7.53. The van der Waals surface area contributed by atoms with Crippen molar-refractivity contribution >= 4 is 0 Å². The Kier molecular flexibility index (Phi) is 7.38. The number of hydrogen-bond donors (Lipinski definition) is 1. The fourth-order valence-electron chi connectivity index (χ4n) is 3.42. The molecule has 1 rings (SSSR count). The fraction of sp³-hybridized carbons (Fsp3) is 1.00. The largest absolute Gasteiger partial charge is 0.330 e. The molecule has 1 saturated heterocycles. The Morgan fingerprint density at radius 3 is 2.47 bits per heavy atom. The predicted octanol–water partition coefficient (Wildman–Crippen LogP) is 3.90. The maximum Gasteiger partial charge on any atom is 0.00151 e. The minimum absolute atomic E-state index is 0.485. The van der Waals surface area contributed by atoms with Crippen molar-refractivity contribution < 1.29 is 0 Å². The molecule has 114 valence electrons. The van der Waals surface area contributed by atoms with E-state index in [4.69, 9.17) is 5.73 Å². The predicted molar refractivity (Wildman–Crippen MR) is 85.3 cm³/mol. The third kappa shape index (κ3) is 6.27. The van der Waals surface area contributed by atoms with E-state index in [0.29, 0.717) is 5.41 Å². The zero-order valence-corrected chi connectivity index (χ0v) is 13.8. The molecule has 2 unspecified atom stereocenters. The van der Waals surface area contributed by atoms with Gasteiger partial charge in [0.1, 0.15) is 0 Å². The molecule has 1 heterocycles. The summed E-state index contributed by atoms with van der Waals surface area (Å²) in [6, 6.07) is 0. The summed E-state index contributed by atoms with van der Waals surface area (Å²) in [5, 5.41) is 0. The highest BCUT2D eigenvalue weighted by atomic mass is 15.1. The van der Waals surface area contributed by atoms with Crippen molar-refractivity contribution in [2.75, 3.05) is 26.2 Å². The van der Waals surface area contributed by atoms with Crippen molar-refractivity contribution in [1.29, 1.82) is 0 Å². The number of rotatable bonds is 8. The molecule has 19 heavy (non-hydrogen) atoms. The molecule has 0 spiro atoms. The first-order valence-corrected chi connectivity index (χ1v) is 8.39. The summed E-state index contributed by atoms with van der Waals surface area (Å²) in [4.78, 5) is 2.68. The van der Waals surface area contributed by atoms with Gasteiger partial charge < -0.3 is 10.6 Å². The van der Waals surface area contributed by atoms with Gasteiger partial charge in [0.25, 0.3) is 0 Å². The van der Waals surface area contributed by atoms with E-state index in [1.165, 1.54) is 58.2 Å². The molecule has 0 aromatic rings. The Hall–Kier alpha value is -0.0800. The minimum Gasteiger partial charge on any atom is -0.330 e. The van der Waals surface area contributed by atoms with Crippen LogP contribution in [0.5, 0.6) is 0 Å². The lowest BCUT2D eigenvalue weighted by atomic mass is 9.80. The van der Waals surface area contributed by atoms with Crippen molar-refractivity contribution in [3.63, 3.8) is 0 Å². The normalized spacial score (nSPS) is 22.9. The summed E-state index contributed by atoms with van der Waals surface area (Å²) in [6.07, 6.45) is 8.02. The van der Waals surface area contributed by atoms with E-state index in [9.17, 15) is 0 Å². The van der Waals surface area contributed by atoms with Gasteiger partial charge >= 0.3 is 0 Å². The van der Waals surface area contributed by atoms with Crippen LogP contribution in [0.25, 0.3) is 0 Å². The summed E-state index contributed by atoms with van der Waals surface area (Å²) in [7, 11) is 0. The number of likely N-dealkylation sites (tertiary alicyclic amines) is 1. The highest BCUT2D eigenvalue weighted by Crippen LogP contribution is 2.33. The SMILES string of the molecule is CCCC(CCN)CCCN1CCC(C(C)(C)C)C1. The van der Waals surface area contributed by atoms with E-state index in [0.717, 1.165) is 18.4 Å². The number of nitrogens with zero attached hydrogens (tertiary/aromatic N) is 1. The molecule has 0 aromatic heterocycles. The second kappa shape index (κ2) is 8.26. The van der Waals surface area contributed by atoms with E-state index in [1.54, 1.807) is 0 Å². The van der Waals surface area contributed by atoms with Crippen LogP contribution < -0.4 is 5.73 Å². The van der Waals surface area contributed by atoms with Crippen molar-refractivity contribution in [2.24, 2.45) is 23.0 Å². The van der Waals surface area contributed by atoms with Crippen LogP contribution in [0.1, 0.15) is 66.2 Å². The molecule has 1 fully saturated rings. The summed E-state index contributed by atoms with van der Waals surface area (Å²) in [5.41, 5.74) is 6.19. The maximum atomic E-state index is 5.71. The summed E-state index contributed by atoms with van der Waals surface area (Å²) < 4.78 is 0. The fourth-order valence-corrected chi connectivity index (χ4v) is 3.42. The van der Waals surface area contributed by atoms with Gasteiger partial charge in [-0.05, 0) is 62.6 Å². The first kappa shape index (κ1) is 17.0. The Balaban J connectivity index is 2.19. The molecule has 2 heteroatoms. The van der Waals surface area contributed by atoms with Gasteiger partial charge in [-0.2, -0.15) is 0 Å². The van der Waals surface area contributed by atoms with Crippen LogP contribution >= 0.6 is 0 Å². The molecule has 2 nitrogen and oxygen atoms in total. The van der Waals surface area contributed by atoms with Crippen molar-refractivity contribution in [3.05, 3.63) is 0 Å². The van der Waals surface area contributed by atoms with E-state index >= 15 is 0 Å². The first-order chi connectivity index (χ1) is 8.97. The number of nitrogens with two attached hydrogens (primary N) is 1. The Morgan fingerprint density at radius 1 is 1.21 bits per heavy atom.